The SMILES string of the molecule is CN(C)CCO.[CH3]. The van der Waals surface area contributed by atoms with E-state index in [0.717, 1.165) is 6.54 Å². The van der Waals surface area contributed by atoms with E-state index in [9.17, 15) is 0 Å². The Bertz CT molecular complexity index is 29.3. The molecule has 0 rings (SSSR count). The molecule has 2 nitrogen and oxygen atoms in total. The first-order valence-corrected chi connectivity index (χ1v) is 2.03. The van der Waals surface area contributed by atoms with Crippen molar-refractivity contribution in [2.75, 3.05) is 27.2 Å². The number of aliphatic hydroxyl groups excluding tert-OH is 1. The number of aliphatic hydroxyl groups is 1. The van der Waals surface area contributed by atoms with Crippen LogP contribution in [0.2, 0.25) is 0 Å². The van der Waals surface area contributed by atoms with Crippen molar-refractivity contribution in [1.82, 2.24) is 4.90 Å². The molecule has 0 aliphatic heterocycles. The van der Waals surface area contributed by atoms with Gasteiger partial charge in [0.1, 0.15) is 0 Å². The summed E-state index contributed by atoms with van der Waals surface area (Å²) in [6.07, 6.45) is 0. The van der Waals surface area contributed by atoms with E-state index in [1.165, 1.54) is 0 Å². The fraction of sp³-hybridized carbons (Fsp3) is 0.800. The smallest absolute Gasteiger partial charge is 0.0558 e. The summed E-state index contributed by atoms with van der Waals surface area (Å²) < 4.78 is 0. The van der Waals surface area contributed by atoms with Crippen LogP contribution in [0.15, 0.2) is 0 Å². The minimum Gasteiger partial charge on any atom is -0.395 e. The fourth-order valence-electron chi connectivity index (χ4n) is 0.200. The molecule has 0 aliphatic carbocycles. The summed E-state index contributed by atoms with van der Waals surface area (Å²) >= 11 is 0. The molecule has 0 unspecified atom stereocenters. The van der Waals surface area contributed by atoms with Crippen LogP contribution in [0, 0.1) is 7.43 Å². The number of rotatable bonds is 2. The van der Waals surface area contributed by atoms with Crippen LogP contribution in [-0.2, 0) is 0 Å². The third-order valence-electron chi connectivity index (χ3n) is 0.547. The van der Waals surface area contributed by atoms with E-state index < -0.39 is 0 Å². The van der Waals surface area contributed by atoms with Gasteiger partial charge in [-0.1, -0.05) is 7.43 Å². The van der Waals surface area contributed by atoms with E-state index >= 15 is 0 Å². The largest absolute Gasteiger partial charge is 0.395 e. The fourth-order valence-corrected chi connectivity index (χ4v) is 0.200. The molecule has 7 heavy (non-hydrogen) atoms. The predicted molar refractivity (Wildman–Crippen MR) is 32.1 cm³/mol. The van der Waals surface area contributed by atoms with Crippen molar-refractivity contribution in [3.05, 3.63) is 7.43 Å². The van der Waals surface area contributed by atoms with Crippen LogP contribution >= 0.6 is 0 Å². The van der Waals surface area contributed by atoms with Gasteiger partial charge in [0, 0.05) is 6.54 Å². The van der Waals surface area contributed by atoms with Gasteiger partial charge in [-0.3, -0.25) is 0 Å². The molecule has 1 radical (unpaired) electrons. The van der Waals surface area contributed by atoms with E-state index in [0.29, 0.717) is 0 Å². The molecular formula is C5H14NO. The topological polar surface area (TPSA) is 23.5 Å². The first-order chi connectivity index (χ1) is 2.77. The third-order valence-corrected chi connectivity index (χ3v) is 0.547. The highest BCUT2D eigenvalue weighted by atomic mass is 16.3. The van der Waals surface area contributed by atoms with Crippen molar-refractivity contribution < 1.29 is 5.11 Å². The Morgan fingerprint density at radius 2 is 1.86 bits per heavy atom. The highest BCUT2D eigenvalue weighted by Crippen LogP contribution is 1.66. The molecule has 1 N–H and O–H groups in total. The summed E-state index contributed by atoms with van der Waals surface area (Å²) in [5.74, 6) is 0. The van der Waals surface area contributed by atoms with E-state index in [1.807, 2.05) is 19.0 Å². The number of hydrogen-bond donors (Lipinski definition) is 1. The highest BCUT2D eigenvalue weighted by molar-refractivity contribution is 4.34. The second kappa shape index (κ2) is 5.92. The van der Waals surface area contributed by atoms with Crippen LogP contribution in [0.3, 0.4) is 0 Å². The van der Waals surface area contributed by atoms with Gasteiger partial charge in [0.15, 0.2) is 0 Å². The van der Waals surface area contributed by atoms with Gasteiger partial charge in [-0.2, -0.15) is 0 Å². The molecule has 0 heterocycles. The number of likely N-dealkylation sites (N-methyl/N-ethyl adjacent to an activating group) is 1. The molecule has 0 bridgehead atoms. The lowest BCUT2D eigenvalue weighted by Crippen LogP contribution is -2.15. The standard InChI is InChI=1S/C4H11NO.CH3/c1-5(2)3-4-6;/h6H,3-4H2,1-2H3;1H3. The Balaban J connectivity index is 0. The van der Waals surface area contributed by atoms with E-state index in [-0.39, 0.29) is 14.0 Å². The van der Waals surface area contributed by atoms with Crippen molar-refractivity contribution in [3.8, 4) is 0 Å². The van der Waals surface area contributed by atoms with E-state index in [4.69, 9.17) is 5.11 Å². The van der Waals surface area contributed by atoms with Crippen molar-refractivity contribution in [2.24, 2.45) is 0 Å². The van der Waals surface area contributed by atoms with Crippen LogP contribution in [0.5, 0.6) is 0 Å². The Hall–Kier alpha value is -0.0800. The van der Waals surface area contributed by atoms with Crippen molar-refractivity contribution >= 4 is 0 Å². The molecule has 0 amide bonds. The van der Waals surface area contributed by atoms with Crippen LogP contribution < -0.4 is 0 Å². The molecule has 0 saturated carbocycles. The second-order valence-corrected chi connectivity index (χ2v) is 1.53. The lowest BCUT2D eigenvalue weighted by Gasteiger charge is -2.03. The van der Waals surface area contributed by atoms with E-state index in [2.05, 4.69) is 0 Å². The van der Waals surface area contributed by atoms with Gasteiger partial charge in [0.2, 0.25) is 0 Å². The average Bonchev–Trinajstić information content (AvgIpc) is 1.35. The molecule has 0 aliphatic rings. The molecule has 0 spiro atoms. The van der Waals surface area contributed by atoms with Gasteiger partial charge in [-0.05, 0) is 14.1 Å². The molecule has 0 fully saturated rings. The number of hydrogen-bond acceptors (Lipinski definition) is 2. The van der Waals surface area contributed by atoms with Crippen LogP contribution in [-0.4, -0.2) is 37.3 Å². The lowest BCUT2D eigenvalue weighted by atomic mass is 10.6. The zero-order valence-electron chi connectivity index (χ0n) is 5.31. The minimum atomic E-state index is 0. The second-order valence-electron chi connectivity index (χ2n) is 1.53. The quantitative estimate of drug-likeness (QED) is 0.532. The molecule has 0 aromatic rings. The van der Waals surface area contributed by atoms with Gasteiger partial charge < -0.3 is 10.0 Å². The molecular weight excluding hydrogens is 90.1 g/mol. The summed E-state index contributed by atoms with van der Waals surface area (Å²) in [7, 11) is 3.85. The monoisotopic (exact) mass is 104 g/mol. The van der Waals surface area contributed by atoms with Crippen LogP contribution in [0.4, 0.5) is 0 Å². The van der Waals surface area contributed by atoms with Gasteiger partial charge >= 0.3 is 0 Å². The molecule has 2 heteroatoms. The first-order valence-electron chi connectivity index (χ1n) is 2.03. The zero-order valence-corrected chi connectivity index (χ0v) is 5.31. The highest BCUT2D eigenvalue weighted by Gasteiger charge is 1.80. The molecule has 0 aromatic carbocycles. The molecule has 45 valence electrons. The minimum absolute atomic E-state index is 0. The summed E-state index contributed by atoms with van der Waals surface area (Å²) in [5.41, 5.74) is 0. The zero-order chi connectivity index (χ0) is 4.99. The Labute approximate surface area is 45.8 Å². The van der Waals surface area contributed by atoms with Crippen molar-refractivity contribution in [3.63, 3.8) is 0 Å². The normalized spacial score (nSPS) is 8.57. The van der Waals surface area contributed by atoms with Gasteiger partial charge in [-0.15, -0.1) is 0 Å². The van der Waals surface area contributed by atoms with Gasteiger partial charge in [0.05, 0.1) is 6.61 Å². The summed E-state index contributed by atoms with van der Waals surface area (Å²) in [6.45, 7) is 1.02. The molecule has 0 aromatic heterocycles. The van der Waals surface area contributed by atoms with Crippen molar-refractivity contribution in [1.29, 1.82) is 0 Å². The summed E-state index contributed by atoms with van der Waals surface area (Å²) in [6, 6.07) is 0. The Morgan fingerprint density at radius 1 is 1.43 bits per heavy atom. The third kappa shape index (κ3) is 10.7. The Kier molecular flexibility index (Phi) is 8.47. The van der Waals surface area contributed by atoms with Gasteiger partial charge in [0.25, 0.3) is 0 Å². The maximum atomic E-state index is 8.20. The van der Waals surface area contributed by atoms with Crippen LogP contribution in [0.1, 0.15) is 0 Å². The Morgan fingerprint density at radius 3 is 1.86 bits per heavy atom. The van der Waals surface area contributed by atoms with E-state index in [1.54, 1.807) is 0 Å². The molecule has 0 saturated heterocycles. The maximum absolute atomic E-state index is 8.20. The van der Waals surface area contributed by atoms with Crippen molar-refractivity contribution in [2.45, 2.75) is 0 Å². The molecule has 0 atom stereocenters. The predicted octanol–water partition coefficient (Wildman–Crippen LogP) is -0.00941. The number of nitrogens with zero attached hydrogens (tertiary/aromatic N) is 1. The summed E-state index contributed by atoms with van der Waals surface area (Å²) in [4.78, 5) is 1.93. The van der Waals surface area contributed by atoms with Crippen LogP contribution in [0.25, 0.3) is 0 Å². The lowest BCUT2D eigenvalue weighted by molar-refractivity contribution is 0.243. The average molecular weight is 104 g/mol. The summed E-state index contributed by atoms with van der Waals surface area (Å²) in [5, 5.41) is 8.20. The van der Waals surface area contributed by atoms with Gasteiger partial charge in [-0.25, -0.2) is 0 Å². The first kappa shape index (κ1) is 10.0. The maximum Gasteiger partial charge on any atom is 0.0558 e.